The highest BCUT2D eigenvalue weighted by Crippen LogP contribution is 2.22. The lowest BCUT2D eigenvalue weighted by molar-refractivity contribution is 0.181. The van der Waals surface area contributed by atoms with Gasteiger partial charge in [-0.2, -0.15) is 0 Å². The Hall–Kier alpha value is -1.94. The summed E-state index contributed by atoms with van der Waals surface area (Å²) in [6.45, 7) is 4.21. The van der Waals surface area contributed by atoms with Crippen LogP contribution in [0.15, 0.2) is 42.5 Å². The number of aliphatic hydroxyl groups excluding tert-OH is 1. The standard InChI is InChI=1S/C17H19F2NO/c1-11(2)12-5-3-6-13(9-12)20-10-16(21)17-14(18)7-4-8-15(17)19/h3-9,11,16,20-21H,10H2,1-2H3. The largest absolute Gasteiger partial charge is 0.386 e. The predicted molar refractivity (Wildman–Crippen MR) is 80.3 cm³/mol. The zero-order valence-electron chi connectivity index (χ0n) is 12.1. The number of nitrogens with one attached hydrogen (secondary N) is 1. The van der Waals surface area contributed by atoms with Crippen LogP contribution in [0.5, 0.6) is 0 Å². The van der Waals surface area contributed by atoms with Crippen LogP contribution in [0.1, 0.15) is 37.0 Å². The Morgan fingerprint density at radius 1 is 1.05 bits per heavy atom. The van der Waals surface area contributed by atoms with Gasteiger partial charge in [-0.1, -0.05) is 32.0 Å². The van der Waals surface area contributed by atoms with E-state index in [1.807, 2.05) is 24.3 Å². The molecule has 0 amide bonds. The van der Waals surface area contributed by atoms with Crippen LogP contribution in [-0.2, 0) is 0 Å². The number of halogens is 2. The molecule has 0 heterocycles. The van der Waals surface area contributed by atoms with E-state index in [0.29, 0.717) is 5.92 Å². The molecule has 1 unspecified atom stereocenters. The van der Waals surface area contributed by atoms with E-state index in [4.69, 9.17) is 0 Å². The molecule has 0 aliphatic heterocycles. The second-order valence-electron chi connectivity index (χ2n) is 5.31. The van der Waals surface area contributed by atoms with Crippen LogP contribution in [-0.4, -0.2) is 11.7 Å². The fourth-order valence-electron chi connectivity index (χ4n) is 2.15. The fraction of sp³-hybridized carbons (Fsp3) is 0.294. The SMILES string of the molecule is CC(C)c1cccc(NCC(O)c2c(F)cccc2F)c1. The van der Waals surface area contributed by atoms with E-state index < -0.39 is 17.7 Å². The first-order valence-electron chi connectivity index (χ1n) is 6.95. The maximum absolute atomic E-state index is 13.6. The van der Waals surface area contributed by atoms with Crippen LogP contribution in [0.25, 0.3) is 0 Å². The van der Waals surface area contributed by atoms with Crippen LogP contribution in [0.3, 0.4) is 0 Å². The Labute approximate surface area is 123 Å². The third kappa shape index (κ3) is 3.79. The van der Waals surface area contributed by atoms with Gasteiger partial charge in [0.15, 0.2) is 0 Å². The summed E-state index contributed by atoms with van der Waals surface area (Å²) in [5.74, 6) is -1.08. The average Bonchev–Trinajstić information content (AvgIpc) is 2.45. The third-order valence-corrected chi connectivity index (χ3v) is 3.39. The smallest absolute Gasteiger partial charge is 0.132 e. The summed E-state index contributed by atoms with van der Waals surface area (Å²) in [5.41, 5.74) is 1.67. The summed E-state index contributed by atoms with van der Waals surface area (Å²) in [4.78, 5) is 0. The summed E-state index contributed by atoms with van der Waals surface area (Å²) in [6.07, 6.45) is -1.24. The first kappa shape index (κ1) is 15.4. The third-order valence-electron chi connectivity index (χ3n) is 3.39. The van der Waals surface area contributed by atoms with E-state index >= 15 is 0 Å². The molecule has 0 aromatic heterocycles. The minimum absolute atomic E-state index is 0.0411. The highest BCUT2D eigenvalue weighted by molar-refractivity contribution is 5.46. The molecule has 21 heavy (non-hydrogen) atoms. The number of aliphatic hydroxyl groups is 1. The fourth-order valence-corrected chi connectivity index (χ4v) is 2.15. The molecular weight excluding hydrogens is 272 g/mol. The molecule has 2 aromatic rings. The quantitative estimate of drug-likeness (QED) is 0.864. The van der Waals surface area contributed by atoms with Crippen molar-refractivity contribution in [1.29, 1.82) is 0 Å². The van der Waals surface area contributed by atoms with Crippen molar-refractivity contribution in [1.82, 2.24) is 0 Å². The van der Waals surface area contributed by atoms with Gasteiger partial charge < -0.3 is 10.4 Å². The summed E-state index contributed by atoms with van der Waals surface area (Å²) in [6, 6.07) is 11.3. The van der Waals surface area contributed by atoms with Crippen LogP contribution in [0, 0.1) is 11.6 Å². The Bertz CT molecular complexity index is 593. The average molecular weight is 291 g/mol. The van der Waals surface area contributed by atoms with Gasteiger partial charge in [-0.05, 0) is 35.7 Å². The van der Waals surface area contributed by atoms with Crippen molar-refractivity contribution in [3.05, 3.63) is 65.2 Å². The second kappa shape index (κ2) is 6.68. The molecule has 0 radical (unpaired) electrons. The molecular formula is C17H19F2NO. The Morgan fingerprint density at radius 3 is 2.29 bits per heavy atom. The van der Waals surface area contributed by atoms with Crippen molar-refractivity contribution in [3.63, 3.8) is 0 Å². The summed E-state index contributed by atoms with van der Waals surface area (Å²) >= 11 is 0. The highest BCUT2D eigenvalue weighted by atomic mass is 19.1. The highest BCUT2D eigenvalue weighted by Gasteiger charge is 2.17. The maximum Gasteiger partial charge on any atom is 0.132 e. The van der Waals surface area contributed by atoms with Gasteiger partial charge in [0.05, 0.1) is 5.56 Å². The second-order valence-corrected chi connectivity index (χ2v) is 5.31. The van der Waals surface area contributed by atoms with Crippen molar-refractivity contribution in [2.75, 3.05) is 11.9 Å². The predicted octanol–water partition coefficient (Wildman–Crippen LogP) is 4.23. The lowest BCUT2D eigenvalue weighted by atomic mass is 10.0. The van der Waals surface area contributed by atoms with Gasteiger partial charge in [-0.15, -0.1) is 0 Å². The number of rotatable bonds is 5. The Kier molecular flexibility index (Phi) is 4.91. The molecule has 0 saturated carbocycles. The van der Waals surface area contributed by atoms with Crippen molar-refractivity contribution >= 4 is 5.69 Å². The molecule has 4 heteroatoms. The first-order valence-corrected chi connectivity index (χ1v) is 6.95. The minimum atomic E-state index is -1.24. The molecule has 0 aliphatic carbocycles. The van der Waals surface area contributed by atoms with Crippen LogP contribution in [0.4, 0.5) is 14.5 Å². The topological polar surface area (TPSA) is 32.3 Å². The number of hydrogen-bond donors (Lipinski definition) is 2. The van der Waals surface area contributed by atoms with Crippen molar-refractivity contribution in [2.45, 2.75) is 25.9 Å². The van der Waals surface area contributed by atoms with Crippen molar-refractivity contribution in [3.8, 4) is 0 Å². The van der Waals surface area contributed by atoms with Gasteiger partial charge in [0, 0.05) is 12.2 Å². The Morgan fingerprint density at radius 2 is 1.67 bits per heavy atom. The number of anilines is 1. The minimum Gasteiger partial charge on any atom is -0.386 e. The first-order chi connectivity index (χ1) is 9.99. The Balaban J connectivity index is 2.07. The molecule has 0 fully saturated rings. The number of hydrogen-bond acceptors (Lipinski definition) is 2. The van der Waals surface area contributed by atoms with Crippen LogP contribution in [0.2, 0.25) is 0 Å². The molecule has 112 valence electrons. The van der Waals surface area contributed by atoms with Crippen LogP contribution >= 0.6 is 0 Å². The van der Waals surface area contributed by atoms with Gasteiger partial charge in [0.25, 0.3) is 0 Å². The van der Waals surface area contributed by atoms with Gasteiger partial charge in [0.2, 0.25) is 0 Å². The van der Waals surface area contributed by atoms with E-state index in [1.54, 1.807) is 0 Å². The molecule has 2 aromatic carbocycles. The van der Waals surface area contributed by atoms with E-state index in [2.05, 4.69) is 19.2 Å². The normalized spacial score (nSPS) is 12.5. The van der Waals surface area contributed by atoms with Gasteiger partial charge in [-0.25, -0.2) is 8.78 Å². The zero-order chi connectivity index (χ0) is 15.4. The van der Waals surface area contributed by atoms with Gasteiger partial charge in [0.1, 0.15) is 17.7 Å². The number of benzene rings is 2. The summed E-state index contributed by atoms with van der Waals surface area (Å²) in [7, 11) is 0. The molecule has 0 aliphatic rings. The summed E-state index contributed by atoms with van der Waals surface area (Å²) < 4.78 is 27.1. The van der Waals surface area contributed by atoms with Crippen molar-refractivity contribution in [2.24, 2.45) is 0 Å². The lowest BCUT2D eigenvalue weighted by Crippen LogP contribution is -2.15. The van der Waals surface area contributed by atoms with E-state index in [9.17, 15) is 13.9 Å². The van der Waals surface area contributed by atoms with Gasteiger partial charge in [-0.3, -0.25) is 0 Å². The molecule has 1 atom stereocenters. The molecule has 0 saturated heterocycles. The monoisotopic (exact) mass is 291 g/mol. The molecule has 0 spiro atoms. The molecule has 2 nitrogen and oxygen atoms in total. The summed E-state index contributed by atoms with van der Waals surface area (Å²) in [5, 5.41) is 13.0. The molecule has 2 rings (SSSR count). The van der Waals surface area contributed by atoms with E-state index in [1.165, 1.54) is 6.07 Å². The van der Waals surface area contributed by atoms with E-state index in [-0.39, 0.29) is 12.1 Å². The zero-order valence-corrected chi connectivity index (χ0v) is 12.1. The molecule has 2 N–H and O–H groups in total. The van der Waals surface area contributed by atoms with E-state index in [0.717, 1.165) is 23.4 Å². The van der Waals surface area contributed by atoms with Crippen LogP contribution < -0.4 is 5.32 Å². The lowest BCUT2D eigenvalue weighted by Gasteiger charge is -2.15. The van der Waals surface area contributed by atoms with Crippen molar-refractivity contribution < 1.29 is 13.9 Å². The maximum atomic E-state index is 13.6. The van der Waals surface area contributed by atoms with Gasteiger partial charge >= 0.3 is 0 Å². The molecule has 0 bridgehead atoms.